The van der Waals surface area contributed by atoms with Crippen molar-refractivity contribution in [2.75, 3.05) is 0 Å². The van der Waals surface area contributed by atoms with E-state index in [1.54, 1.807) is 12.3 Å². The van der Waals surface area contributed by atoms with Crippen molar-refractivity contribution in [2.24, 2.45) is 0 Å². The molecule has 0 spiro atoms. The minimum absolute atomic E-state index is 0.362. The minimum Gasteiger partial charge on any atom is -0.443 e. The Morgan fingerprint density at radius 1 is 1.44 bits per heavy atom. The average molecular weight is 221 g/mol. The van der Waals surface area contributed by atoms with Crippen LogP contribution in [0.2, 0.25) is 0 Å². The van der Waals surface area contributed by atoms with Gasteiger partial charge in [0.2, 0.25) is 0 Å². The van der Waals surface area contributed by atoms with Gasteiger partial charge >= 0.3 is 6.09 Å². The first-order chi connectivity index (χ1) is 7.26. The summed E-state index contributed by atoms with van der Waals surface area (Å²) in [4.78, 5) is 11.9. The third-order valence-corrected chi connectivity index (χ3v) is 2.34. The number of nitrogens with zero attached hydrogens (tertiary/aromatic N) is 1. The zero-order chi connectivity index (χ0) is 12.5. The molecule has 0 aromatic carbocycles. The molecule has 1 heterocycles. The highest BCUT2D eigenvalue weighted by molar-refractivity contribution is 5.76. The molecule has 0 aliphatic heterocycles. The Bertz CT molecular complexity index is 422. The molecule has 0 saturated heterocycles. The molecule has 88 valence electrons. The van der Waals surface area contributed by atoms with Crippen LogP contribution in [0.1, 0.15) is 37.6 Å². The van der Waals surface area contributed by atoms with E-state index in [4.69, 9.17) is 4.74 Å². The Morgan fingerprint density at radius 3 is 2.44 bits per heavy atom. The second-order valence-corrected chi connectivity index (χ2v) is 4.88. The molecule has 1 aromatic heterocycles. The smallest absolute Gasteiger partial charge is 0.418 e. The summed E-state index contributed by atoms with van der Waals surface area (Å²) in [7, 11) is 0. The van der Waals surface area contributed by atoms with Crippen molar-refractivity contribution < 1.29 is 9.53 Å². The van der Waals surface area contributed by atoms with E-state index in [0.29, 0.717) is 0 Å². The molecule has 0 aliphatic rings. The highest BCUT2D eigenvalue weighted by Crippen LogP contribution is 2.19. The Labute approximate surface area is 96.7 Å². The fourth-order valence-electron chi connectivity index (χ4n) is 1.46. The first-order valence-electron chi connectivity index (χ1n) is 5.30. The molecule has 0 atom stereocenters. The van der Waals surface area contributed by atoms with Crippen molar-refractivity contribution in [3.63, 3.8) is 0 Å². The van der Waals surface area contributed by atoms with Gasteiger partial charge < -0.3 is 4.74 Å². The van der Waals surface area contributed by atoms with Crippen LogP contribution in [0.4, 0.5) is 4.79 Å². The van der Waals surface area contributed by atoms with Crippen LogP contribution < -0.4 is 0 Å². The van der Waals surface area contributed by atoms with Gasteiger partial charge in [-0.05, 0) is 51.8 Å². The van der Waals surface area contributed by atoms with Gasteiger partial charge in [-0.3, -0.25) is 4.57 Å². The van der Waals surface area contributed by atoms with Gasteiger partial charge in [-0.25, -0.2) is 4.79 Å². The van der Waals surface area contributed by atoms with E-state index in [-0.39, 0.29) is 6.09 Å². The summed E-state index contributed by atoms with van der Waals surface area (Å²) in [6.45, 7) is 13.2. The molecule has 0 N–H and O–H groups in total. The lowest BCUT2D eigenvalue weighted by molar-refractivity contribution is 0.0536. The maximum atomic E-state index is 11.9. The highest BCUT2D eigenvalue weighted by Gasteiger charge is 2.20. The highest BCUT2D eigenvalue weighted by atomic mass is 16.6. The molecule has 3 heteroatoms. The Balaban J connectivity index is 3.09. The molecule has 0 saturated carbocycles. The topological polar surface area (TPSA) is 31.2 Å². The molecule has 0 aliphatic carbocycles. The molecule has 0 fully saturated rings. The summed E-state index contributed by atoms with van der Waals surface area (Å²) in [5, 5.41) is 0. The summed E-state index contributed by atoms with van der Waals surface area (Å²) in [6.07, 6.45) is 3.09. The van der Waals surface area contributed by atoms with Crippen molar-refractivity contribution in [3.05, 3.63) is 29.6 Å². The van der Waals surface area contributed by atoms with Crippen LogP contribution >= 0.6 is 0 Å². The van der Waals surface area contributed by atoms with Gasteiger partial charge in [-0.15, -0.1) is 0 Å². The molecule has 16 heavy (non-hydrogen) atoms. The predicted octanol–water partition coefficient (Wildman–Crippen LogP) is 3.53. The number of hydrogen-bond acceptors (Lipinski definition) is 2. The van der Waals surface area contributed by atoms with Gasteiger partial charge in [0.05, 0.1) is 5.69 Å². The normalized spacial score (nSPS) is 11.3. The second kappa shape index (κ2) is 4.16. The predicted molar refractivity (Wildman–Crippen MR) is 65.6 cm³/mol. The van der Waals surface area contributed by atoms with E-state index in [0.717, 1.165) is 16.8 Å². The Hall–Kier alpha value is -1.51. The van der Waals surface area contributed by atoms with E-state index in [9.17, 15) is 4.79 Å². The van der Waals surface area contributed by atoms with E-state index < -0.39 is 5.60 Å². The average Bonchev–Trinajstić information content (AvgIpc) is 2.40. The van der Waals surface area contributed by atoms with Gasteiger partial charge in [0.15, 0.2) is 0 Å². The molecule has 0 bridgehead atoms. The van der Waals surface area contributed by atoms with Crippen LogP contribution in [-0.4, -0.2) is 16.3 Å². The third-order valence-electron chi connectivity index (χ3n) is 2.34. The quantitative estimate of drug-likeness (QED) is 0.726. The van der Waals surface area contributed by atoms with Crippen LogP contribution in [-0.2, 0) is 4.74 Å². The first-order valence-corrected chi connectivity index (χ1v) is 5.30. The first kappa shape index (κ1) is 12.6. The summed E-state index contributed by atoms with van der Waals surface area (Å²) >= 11 is 0. The summed E-state index contributed by atoms with van der Waals surface area (Å²) < 4.78 is 6.81. The van der Waals surface area contributed by atoms with Gasteiger partial charge in [0, 0.05) is 6.20 Å². The summed E-state index contributed by atoms with van der Waals surface area (Å²) in [5.74, 6) is 0. The van der Waals surface area contributed by atoms with Gasteiger partial charge in [0.25, 0.3) is 0 Å². The van der Waals surface area contributed by atoms with Gasteiger partial charge in [-0.2, -0.15) is 0 Å². The Kier molecular flexibility index (Phi) is 3.27. The molecule has 0 unspecified atom stereocenters. The van der Waals surface area contributed by atoms with E-state index in [1.807, 2.05) is 34.6 Å². The maximum absolute atomic E-state index is 11.9. The SMILES string of the molecule is C=Cc1c(C)c(C)cn1C(=O)OC(C)(C)C. The molecular formula is C13H19NO2. The largest absolute Gasteiger partial charge is 0.443 e. The zero-order valence-electron chi connectivity index (χ0n) is 10.6. The lowest BCUT2D eigenvalue weighted by Crippen LogP contribution is -2.27. The molecular weight excluding hydrogens is 202 g/mol. The third kappa shape index (κ3) is 2.54. The van der Waals surface area contributed by atoms with E-state index >= 15 is 0 Å². The monoisotopic (exact) mass is 221 g/mol. The van der Waals surface area contributed by atoms with Crippen molar-refractivity contribution in [3.8, 4) is 0 Å². The molecule has 1 rings (SSSR count). The van der Waals surface area contributed by atoms with E-state index in [1.165, 1.54) is 4.57 Å². The summed E-state index contributed by atoms with van der Waals surface area (Å²) in [6, 6.07) is 0. The van der Waals surface area contributed by atoms with Crippen LogP contribution in [0.5, 0.6) is 0 Å². The maximum Gasteiger partial charge on any atom is 0.418 e. The molecule has 0 radical (unpaired) electrons. The van der Waals surface area contributed by atoms with Crippen molar-refractivity contribution in [1.82, 2.24) is 4.57 Å². The van der Waals surface area contributed by atoms with Crippen LogP contribution in [0.3, 0.4) is 0 Å². The minimum atomic E-state index is -0.485. The second-order valence-electron chi connectivity index (χ2n) is 4.88. The van der Waals surface area contributed by atoms with E-state index in [2.05, 4.69) is 6.58 Å². The number of ether oxygens (including phenoxy) is 1. The number of aryl methyl sites for hydroxylation is 1. The van der Waals surface area contributed by atoms with Crippen LogP contribution in [0.25, 0.3) is 6.08 Å². The Morgan fingerprint density at radius 2 is 2.00 bits per heavy atom. The number of carbonyl (C=O) groups is 1. The fourth-order valence-corrected chi connectivity index (χ4v) is 1.46. The molecule has 3 nitrogen and oxygen atoms in total. The molecule has 0 amide bonds. The molecule has 1 aromatic rings. The number of rotatable bonds is 1. The lowest BCUT2D eigenvalue weighted by Gasteiger charge is -2.20. The van der Waals surface area contributed by atoms with Crippen LogP contribution in [0.15, 0.2) is 12.8 Å². The number of aromatic nitrogens is 1. The zero-order valence-corrected chi connectivity index (χ0v) is 10.6. The van der Waals surface area contributed by atoms with Crippen molar-refractivity contribution in [1.29, 1.82) is 0 Å². The number of hydrogen-bond donors (Lipinski definition) is 0. The van der Waals surface area contributed by atoms with Gasteiger partial charge in [0.1, 0.15) is 5.60 Å². The van der Waals surface area contributed by atoms with Crippen molar-refractivity contribution in [2.45, 2.75) is 40.2 Å². The van der Waals surface area contributed by atoms with Crippen LogP contribution in [0, 0.1) is 13.8 Å². The standard InChI is InChI=1S/C13H19NO2/c1-7-11-10(3)9(2)8-14(11)12(15)16-13(4,5)6/h7-8H,1H2,2-6H3. The van der Waals surface area contributed by atoms with Gasteiger partial charge in [-0.1, -0.05) is 6.58 Å². The van der Waals surface area contributed by atoms with Crippen molar-refractivity contribution >= 4 is 12.2 Å². The summed E-state index contributed by atoms with van der Waals surface area (Å²) in [5.41, 5.74) is 2.43. The number of carbonyl (C=O) groups excluding carboxylic acids is 1. The lowest BCUT2D eigenvalue weighted by atomic mass is 10.2. The fraction of sp³-hybridized carbons (Fsp3) is 0.462.